The molecule has 0 aliphatic heterocycles. The van der Waals surface area contributed by atoms with E-state index in [0.29, 0.717) is 0 Å². The molecule has 0 aliphatic rings. The maximum Gasteiger partial charge on any atom is 0.115 e. The van der Waals surface area contributed by atoms with Crippen molar-refractivity contribution in [3.63, 3.8) is 0 Å². The van der Waals surface area contributed by atoms with E-state index in [1.165, 1.54) is 5.56 Å². The topological polar surface area (TPSA) is 37.8 Å². The zero-order chi connectivity index (χ0) is 12.3. The average molecular weight is 227 g/mol. The number of nitrogens with zero attached hydrogens (tertiary/aromatic N) is 2. The van der Waals surface area contributed by atoms with Crippen LogP contribution in [0, 0.1) is 13.8 Å². The van der Waals surface area contributed by atoms with Crippen molar-refractivity contribution < 1.29 is 0 Å². The molecule has 0 spiro atoms. The molecular weight excluding hydrogens is 210 g/mol. The molecule has 2 rings (SSSR count). The van der Waals surface area contributed by atoms with Gasteiger partial charge in [0.05, 0.1) is 6.04 Å². The lowest BCUT2D eigenvalue weighted by Crippen LogP contribution is -2.09. The van der Waals surface area contributed by atoms with E-state index in [2.05, 4.69) is 53.4 Å². The first-order chi connectivity index (χ1) is 8.16. The van der Waals surface area contributed by atoms with E-state index in [-0.39, 0.29) is 6.04 Å². The van der Waals surface area contributed by atoms with Crippen LogP contribution < -0.4 is 5.32 Å². The first-order valence-electron chi connectivity index (χ1n) is 5.76. The lowest BCUT2D eigenvalue weighted by Gasteiger charge is -2.16. The molecule has 1 N–H and O–H groups in total. The smallest absolute Gasteiger partial charge is 0.115 e. The summed E-state index contributed by atoms with van der Waals surface area (Å²) in [5, 5.41) is 3.45. The Morgan fingerprint density at radius 1 is 1.12 bits per heavy atom. The van der Waals surface area contributed by atoms with Gasteiger partial charge in [-0.15, -0.1) is 0 Å². The van der Waals surface area contributed by atoms with Gasteiger partial charge in [0.1, 0.15) is 6.33 Å². The third-order valence-electron chi connectivity index (χ3n) is 2.85. The molecular formula is C14H17N3. The summed E-state index contributed by atoms with van der Waals surface area (Å²) in [4.78, 5) is 8.28. The number of anilines is 1. The van der Waals surface area contributed by atoms with E-state index < -0.39 is 0 Å². The second-order valence-electron chi connectivity index (χ2n) is 4.30. The summed E-state index contributed by atoms with van der Waals surface area (Å²) in [6.07, 6.45) is 3.45. The van der Waals surface area contributed by atoms with E-state index in [4.69, 9.17) is 0 Å². The van der Waals surface area contributed by atoms with E-state index in [1.54, 1.807) is 6.33 Å². The summed E-state index contributed by atoms with van der Waals surface area (Å²) >= 11 is 0. The summed E-state index contributed by atoms with van der Waals surface area (Å²) in [7, 11) is 0. The first-order valence-corrected chi connectivity index (χ1v) is 5.76. The monoisotopic (exact) mass is 227 g/mol. The van der Waals surface area contributed by atoms with Gasteiger partial charge in [-0.3, -0.25) is 0 Å². The minimum Gasteiger partial charge on any atom is -0.378 e. The van der Waals surface area contributed by atoms with Crippen molar-refractivity contribution >= 4 is 5.69 Å². The standard InChI is InChI=1S/C14H17N3/c1-10-4-6-13(7-5-10)17-12(3)14-8-15-9-16-11(14)2/h4-9,12,17H,1-3H3. The van der Waals surface area contributed by atoms with Crippen molar-refractivity contribution in [2.24, 2.45) is 0 Å². The molecule has 3 nitrogen and oxygen atoms in total. The Balaban J connectivity index is 2.14. The summed E-state index contributed by atoms with van der Waals surface area (Å²) in [5.41, 5.74) is 4.54. The number of nitrogens with one attached hydrogen (secondary N) is 1. The summed E-state index contributed by atoms with van der Waals surface area (Å²) in [6.45, 7) is 6.21. The van der Waals surface area contributed by atoms with Gasteiger partial charge in [-0.2, -0.15) is 0 Å². The van der Waals surface area contributed by atoms with Crippen molar-refractivity contribution in [1.82, 2.24) is 9.97 Å². The Labute approximate surface area is 102 Å². The molecule has 0 amide bonds. The minimum atomic E-state index is 0.207. The van der Waals surface area contributed by atoms with Crippen LogP contribution in [0.3, 0.4) is 0 Å². The molecule has 88 valence electrons. The van der Waals surface area contributed by atoms with E-state index in [9.17, 15) is 0 Å². The molecule has 1 atom stereocenters. The highest BCUT2D eigenvalue weighted by Crippen LogP contribution is 2.20. The minimum absolute atomic E-state index is 0.207. The maximum atomic E-state index is 4.20. The van der Waals surface area contributed by atoms with Crippen LogP contribution in [0.5, 0.6) is 0 Å². The maximum absolute atomic E-state index is 4.20. The third kappa shape index (κ3) is 2.81. The number of aromatic nitrogens is 2. The van der Waals surface area contributed by atoms with E-state index in [1.807, 2.05) is 13.1 Å². The molecule has 0 radical (unpaired) electrons. The van der Waals surface area contributed by atoms with Gasteiger partial charge in [-0.05, 0) is 32.9 Å². The van der Waals surface area contributed by atoms with Crippen molar-refractivity contribution in [2.75, 3.05) is 5.32 Å². The molecule has 1 heterocycles. The van der Waals surface area contributed by atoms with Crippen LogP contribution in [-0.4, -0.2) is 9.97 Å². The normalized spacial score (nSPS) is 12.2. The second kappa shape index (κ2) is 4.95. The molecule has 1 unspecified atom stereocenters. The number of hydrogen-bond acceptors (Lipinski definition) is 3. The Kier molecular flexibility index (Phi) is 3.38. The fourth-order valence-corrected chi connectivity index (χ4v) is 1.80. The summed E-state index contributed by atoms with van der Waals surface area (Å²) in [6, 6.07) is 8.59. The van der Waals surface area contributed by atoms with Crippen LogP contribution in [0.1, 0.15) is 29.8 Å². The first kappa shape index (κ1) is 11.6. The molecule has 0 aliphatic carbocycles. The quantitative estimate of drug-likeness (QED) is 0.874. The van der Waals surface area contributed by atoms with Crippen LogP contribution in [0.25, 0.3) is 0 Å². The Morgan fingerprint density at radius 2 is 1.82 bits per heavy atom. The fraction of sp³-hybridized carbons (Fsp3) is 0.286. The molecule has 3 heteroatoms. The molecule has 1 aromatic heterocycles. The van der Waals surface area contributed by atoms with Crippen molar-refractivity contribution in [1.29, 1.82) is 0 Å². The molecule has 0 saturated carbocycles. The zero-order valence-corrected chi connectivity index (χ0v) is 10.4. The van der Waals surface area contributed by atoms with Gasteiger partial charge in [0.2, 0.25) is 0 Å². The molecule has 2 aromatic rings. The van der Waals surface area contributed by atoms with Gasteiger partial charge in [-0.1, -0.05) is 17.7 Å². The summed E-state index contributed by atoms with van der Waals surface area (Å²) in [5.74, 6) is 0. The third-order valence-corrected chi connectivity index (χ3v) is 2.85. The molecule has 17 heavy (non-hydrogen) atoms. The van der Waals surface area contributed by atoms with Gasteiger partial charge in [0, 0.05) is 23.1 Å². The van der Waals surface area contributed by atoms with Crippen LogP contribution in [0.4, 0.5) is 5.69 Å². The van der Waals surface area contributed by atoms with Crippen molar-refractivity contribution in [3.8, 4) is 0 Å². The van der Waals surface area contributed by atoms with Crippen LogP contribution in [0.2, 0.25) is 0 Å². The molecule has 0 saturated heterocycles. The highest BCUT2D eigenvalue weighted by molar-refractivity contribution is 5.46. The number of aryl methyl sites for hydroxylation is 2. The summed E-state index contributed by atoms with van der Waals surface area (Å²) < 4.78 is 0. The number of benzene rings is 1. The molecule has 1 aromatic carbocycles. The van der Waals surface area contributed by atoms with Crippen molar-refractivity contribution in [2.45, 2.75) is 26.8 Å². The van der Waals surface area contributed by atoms with Gasteiger partial charge in [0.25, 0.3) is 0 Å². The Hall–Kier alpha value is -1.90. The van der Waals surface area contributed by atoms with Crippen LogP contribution >= 0.6 is 0 Å². The highest BCUT2D eigenvalue weighted by Gasteiger charge is 2.08. The van der Waals surface area contributed by atoms with Crippen molar-refractivity contribution in [3.05, 3.63) is 53.6 Å². The van der Waals surface area contributed by atoms with Crippen LogP contribution in [0.15, 0.2) is 36.8 Å². The fourth-order valence-electron chi connectivity index (χ4n) is 1.80. The predicted molar refractivity (Wildman–Crippen MR) is 70.0 cm³/mol. The number of rotatable bonds is 3. The lowest BCUT2D eigenvalue weighted by atomic mass is 10.1. The molecule has 0 fully saturated rings. The van der Waals surface area contributed by atoms with Gasteiger partial charge in [-0.25, -0.2) is 9.97 Å². The van der Waals surface area contributed by atoms with Crippen LogP contribution in [-0.2, 0) is 0 Å². The van der Waals surface area contributed by atoms with Gasteiger partial charge >= 0.3 is 0 Å². The van der Waals surface area contributed by atoms with E-state index >= 15 is 0 Å². The lowest BCUT2D eigenvalue weighted by molar-refractivity contribution is 0.844. The zero-order valence-electron chi connectivity index (χ0n) is 10.4. The Morgan fingerprint density at radius 3 is 2.47 bits per heavy atom. The average Bonchev–Trinajstić information content (AvgIpc) is 2.32. The predicted octanol–water partition coefficient (Wildman–Crippen LogP) is 3.27. The SMILES string of the molecule is Cc1ccc(NC(C)c2cncnc2C)cc1. The Bertz CT molecular complexity index is 491. The molecule has 0 bridgehead atoms. The second-order valence-corrected chi connectivity index (χ2v) is 4.30. The van der Waals surface area contributed by atoms with Gasteiger partial charge < -0.3 is 5.32 Å². The van der Waals surface area contributed by atoms with E-state index in [0.717, 1.165) is 16.9 Å². The largest absolute Gasteiger partial charge is 0.378 e. The highest BCUT2D eigenvalue weighted by atomic mass is 14.9. The number of hydrogen-bond donors (Lipinski definition) is 1. The van der Waals surface area contributed by atoms with Gasteiger partial charge in [0.15, 0.2) is 0 Å².